The lowest BCUT2D eigenvalue weighted by atomic mass is 10.1. The first-order valence-corrected chi connectivity index (χ1v) is 8.49. The van der Waals surface area contributed by atoms with Gasteiger partial charge in [-0.1, -0.05) is 15.9 Å². The van der Waals surface area contributed by atoms with Gasteiger partial charge in [0.15, 0.2) is 0 Å². The topological polar surface area (TPSA) is 29.1 Å². The van der Waals surface area contributed by atoms with Gasteiger partial charge in [-0.2, -0.15) is 0 Å². The van der Waals surface area contributed by atoms with Crippen LogP contribution in [-0.4, -0.2) is 17.3 Å². The van der Waals surface area contributed by atoms with Crippen molar-refractivity contribution in [2.45, 2.75) is 43.4 Å². The molecule has 1 fully saturated rings. The molecule has 1 aromatic rings. The second-order valence-electron chi connectivity index (χ2n) is 5.40. The van der Waals surface area contributed by atoms with Gasteiger partial charge in [0.2, 0.25) is 0 Å². The number of carbonyl (C=O) groups is 1. The second kappa shape index (κ2) is 5.33. The predicted octanol–water partition coefficient (Wildman–Crippen LogP) is 3.53. The summed E-state index contributed by atoms with van der Waals surface area (Å²) in [7, 11) is 0. The van der Waals surface area contributed by atoms with Crippen LogP contribution >= 0.6 is 27.3 Å². The molecule has 2 atom stereocenters. The largest absolute Gasteiger partial charge is 0.351 e. The fourth-order valence-electron chi connectivity index (χ4n) is 2.96. The van der Waals surface area contributed by atoms with Crippen LogP contribution in [-0.2, 0) is 12.8 Å². The number of aryl methyl sites for hydroxylation is 2. The molecule has 2 nitrogen and oxygen atoms in total. The molecule has 18 heavy (non-hydrogen) atoms. The number of amides is 1. The maximum absolute atomic E-state index is 12.1. The minimum Gasteiger partial charge on any atom is -0.351 e. The molecular formula is C14H18BrNOS. The van der Waals surface area contributed by atoms with E-state index in [0.717, 1.165) is 17.8 Å². The van der Waals surface area contributed by atoms with Gasteiger partial charge in [-0.05, 0) is 56.1 Å². The molecular weight excluding hydrogens is 310 g/mol. The van der Waals surface area contributed by atoms with Gasteiger partial charge >= 0.3 is 0 Å². The number of halogens is 1. The summed E-state index contributed by atoms with van der Waals surface area (Å²) in [5.74, 6) is 0.789. The van der Waals surface area contributed by atoms with Gasteiger partial charge in [-0.3, -0.25) is 4.79 Å². The fraction of sp³-hybridized carbons (Fsp3) is 0.643. The van der Waals surface area contributed by atoms with Crippen LogP contribution in [0, 0.1) is 5.92 Å². The van der Waals surface area contributed by atoms with Crippen molar-refractivity contribution in [3.8, 4) is 0 Å². The van der Waals surface area contributed by atoms with Crippen LogP contribution in [0.25, 0.3) is 0 Å². The highest BCUT2D eigenvalue weighted by Crippen LogP contribution is 2.31. The van der Waals surface area contributed by atoms with Crippen LogP contribution < -0.4 is 5.32 Å². The van der Waals surface area contributed by atoms with Crippen molar-refractivity contribution in [2.24, 2.45) is 5.92 Å². The van der Waals surface area contributed by atoms with E-state index in [4.69, 9.17) is 0 Å². The SMILES string of the molecule is O=C(NCC1CCC(Br)C1)c1cc2c(s1)CCC2. The second-order valence-corrected chi connectivity index (χ2v) is 7.83. The average molecular weight is 328 g/mol. The van der Waals surface area contributed by atoms with Gasteiger partial charge in [-0.15, -0.1) is 11.3 Å². The maximum atomic E-state index is 12.1. The third kappa shape index (κ3) is 2.64. The Labute approximate surface area is 120 Å². The molecule has 0 aliphatic heterocycles. The Hall–Kier alpha value is -0.350. The molecule has 2 aliphatic rings. The van der Waals surface area contributed by atoms with E-state index in [-0.39, 0.29) is 5.91 Å². The quantitative estimate of drug-likeness (QED) is 0.845. The van der Waals surface area contributed by atoms with Gasteiger partial charge in [0, 0.05) is 16.2 Å². The minimum atomic E-state index is 0.132. The Morgan fingerprint density at radius 1 is 1.44 bits per heavy atom. The van der Waals surface area contributed by atoms with E-state index < -0.39 is 0 Å². The molecule has 0 spiro atoms. The highest BCUT2D eigenvalue weighted by molar-refractivity contribution is 9.09. The van der Waals surface area contributed by atoms with Gasteiger partial charge < -0.3 is 5.32 Å². The highest BCUT2D eigenvalue weighted by atomic mass is 79.9. The van der Waals surface area contributed by atoms with Crippen molar-refractivity contribution < 1.29 is 4.79 Å². The van der Waals surface area contributed by atoms with E-state index in [1.807, 2.05) is 0 Å². The molecule has 98 valence electrons. The van der Waals surface area contributed by atoms with Crippen molar-refractivity contribution >= 4 is 33.2 Å². The highest BCUT2D eigenvalue weighted by Gasteiger charge is 2.24. The smallest absolute Gasteiger partial charge is 0.261 e. The van der Waals surface area contributed by atoms with E-state index in [1.165, 1.54) is 42.5 Å². The van der Waals surface area contributed by atoms with Crippen LogP contribution in [0.5, 0.6) is 0 Å². The van der Waals surface area contributed by atoms with E-state index in [9.17, 15) is 4.79 Å². The number of hydrogen-bond donors (Lipinski definition) is 1. The minimum absolute atomic E-state index is 0.132. The van der Waals surface area contributed by atoms with Gasteiger partial charge in [0.1, 0.15) is 0 Å². The summed E-state index contributed by atoms with van der Waals surface area (Å²) in [5, 5.41) is 3.10. The Morgan fingerprint density at radius 2 is 2.33 bits per heavy atom. The third-order valence-electron chi connectivity index (χ3n) is 4.00. The van der Waals surface area contributed by atoms with Crippen molar-refractivity contribution in [1.82, 2.24) is 5.32 Å². The molecule has 1 heterocycles. The molecule has 1 N–H and O–H groups in total. The first-order valence-electron chi connectivity index (χ1n) is 6.76. The number of fused-ring (bicyclic) bond motifs is 1. The van der Waals surface area contributed by atoms with Gasteiger partial charge in [0.25, 0.3) is 5.91 Å². The number of nitrogens with one attached hydrogen (secondary N) is 1. The number of carbonyl (C=O) groups excluding carboxylic acids is 1. The summed E-state index contributed by atoms with van der Waals surface area (Å²) >= 11 is 5.34. The molecule has 1 aromatic heterocycles. The van der Waals surface area contributed by atoms with E-state index in [1.54, 1.807) is 11.3 Å². The van der Waals surface area contributed by atoms with Crippen LogP contribution in [0.3, 0.4) is 0 Å². The summed E-state index contributed by atoms with van der Waals surface area (Å²) in [6, 6.07) is 2.10. The zero-order valence-electron chi connectivity index (χ0n) is 10.4. The van der Waals surface area contributed by atoms with E-state index >= 15 is 0 Å². The molecule has 0 saturated heterocycles. The molecule has 3 rings (SSSR count). The zero-order chi connectivity index (χ0) is 12.5. The first-order chi connectivity index (χ1) is 8.72. The number of rotatable bonds is 3. The maximum Gasteiger partial charge on any atom is 0.261 e. The molecule has 1 saturated carbocycles. The van der Waals surface area contributed by atoms with E-state index in [2.05, 4.69) is 27.3 Å². The number of hydrogen-bond acceptors (Lipinski definition) is 2. The summed E-state index contributed by atoms with van der Waals surface area (Å²) in [4.78, 5) is 15.1. The van der Waals surface area contributed by atoms with Crippen LogP contribution in [0.15, 0.2) is 6.07 Å². The van der Waals surface area contributed by atoms with Crippen molar-refractivity contribution in [2.75, 3.05) is 6.54 Å². The average Bonchev–Trinajstić information content (AvgIpc) is 3.00. The lowest BCUT2D eigenvalue weighted by molar-refractivity contribution is 0.0951. The Bertz CT molecular complexity index is 435. The fourth-order valence-corrected chi connectivity index (χ4v) is 4.93. The van der Waals surface area contributed by atoms with E-state index in [0.29, 0.717) is 10.7 Å². The Balaban J connectivity index is 1.54. The van der Waals surface area contributed by atoms with Crippen LogP contribution in [0.1, 0.15) is 45.8 Å². The lowest BCUT2D eigenvalue weighted by Crippen LogP contribution is -2.27. The summed E-state index contributed by atoms with van der Waals surface area (Å²) in [5.41, 5.74) is 1.41. The standard InChI is InChI=1S/C14H18BrNOS/c15-11-5-4-9(6-11)8-16-14(17)13-7-10-2-1-3-12(10)18-13/h7,9,11H,1-6,8H2,(H,16,17). The summed E-state index contributed by atoms with van der Waals surface area (Å²) in [6.45, 7) is 0.837. The number of thiophene rings is 1. The van der Waals surface area contributed by atoms with Crippen molar-refractivity contribution in [1.29, 1.82) is 0 Å². The normalized spacial score (nSPS) is 26.3. The monoisotopic (exact) mass is 327 g/mol. The number of alkyl halides is 1. The molecule has 0 radical (unpaired) electrons. The molecule has 0 aromatic carbocycles. The Morgan fingerprint density at radius 3 is 3.06 bits per heavy atom. The third-order valence-corrected chi connectivity index (χ3v) is 6.07. The van der Waals surface area contributed by atoms with Crippen LogP contribution in [0.2, 0.25) is 0 Å². The van der Waals surface area contributed by atoms with Gasteiger partial charge in [-0.25, -0.2) is 0 Å². The predicted molar refractivity (Wildman–Crippen MR) is 78.7 cm³/mol. The molecule has 1 amide bonds. The lowest BCUT2D eigenvalue weighted by Gasteiger charge is -2.09. The molecule has 0 bridgehead atoms. The Kier molecular flexibility index (Phi) is 3.76. The summed E-state index contributed by atoms with van der Waals surface area (Å²) < 4.78 is 0. The first kappa shape index (κ1) is 12.7. The molecule has 2 unspecified atom stereocenters. The van der Waals surface area contributed by atoms with Crippen LogP contribution in [0.4, 0.5) is 0 Å². The van der Waals surface area contributed by atoms with Crippen molar-refractivity contribution in [3.05, 3.63) is 21.4 Å². The summed E-state index contributed by atoms with van der Waals surface area (Å²) in [6.07, 6.45) is 7.26. The van der Waals surface area contributed by atoms with Crippen molar-refractivity contribution in [3.63, 3.8) is 0 Å². The molecule has 2 aliphatic carbocycles. The molecule has 4 heteroatoms. The zero-order valence-corrected chi connectivity index (χ0v) is 12.8. The van der Waals surface area contributed by atoms with Gasteiger partial charge in [0.05, 0.1) is 4.88 Å².